The number of nitrogens with zero attached hydrogens (tertiary/aromatic N) is 2. The molecule has 0 unspecified atom stereocenters. The molecule has 1 aliphatic heterocycles. The smallest absolute Gasteiger partial charge is 0.266 e. The van der Waals surface area contributed by atoms with Gasteiger partial charge in [-0.3, -0.25) is 14.5 Å². The highest BCUT2D eigenvalue weighted by molar-refractivity contribution is 8.18. The van der Waals surface area contributed by atoms with Crippen LogP contribution in [-0.2, 0) is 16.0 Å². The Morgan fingerprint density at radius 2 is 1.81 bits per heavy atom. The second kappa shape index (κ2) is 11.6. The van der Waals surface area contributed by atoms with Crippen LogP contribution in [0.15, 0.2) is 82.7 Å². The number of amides is 2. The molecule has 0 radical (unpaired) electrons. The summed E-state index contributed by atoms with van der Waals surface area (Å²) >= 11 is 1.34. The lowest BCUT2D eigenvalue weighted by Crippen LogP contribution is -2.31. The Morgan fingerprint density at radius 1 is 1.06 bits per heavy atom. The number of nitrogens with two attached hydrogens (primary N) is 1. The molecule has 0 aromatic heterocycles. The molecule has 0 aliphatic carbocycles. The summed E-state index contributed by atoms with van der Waals surface area (Å²) in [4.78, 5) is 31.5. The predicted molar refractivity (Wildman–Crippen MR) is 143 cm³/mol. The van der Waals surface area contributed by atoms with Crippen molar-refractivity contribution in [2.75, 3.05) is 20.3 Å². The van der Waals surface area contributed by atoms with E-state index in [1.807, 2.05) is 49.4 Å². The number of aliphatic imine (C=N–C) groups is 1. The molecule has 0 spiro atoms. The van der Waals surface area contributed by atoms with E-state index < -0.39 is 5.91 Å². The van der Waals surface area contributed by atoms with Gasteiger partial charge in [0, 0.05) is 6.54 Å². The van der Waals surface area contributed by atoms with Gasteiger partial charge < -0.3 is 15.2 Å². The van der Waals surface area contributed by atoms with E-state index in [0.717, 1.165) is 22.4 Å². The number of benzene rings is 3. The van der Waals surface area contributed by atoms with Gasteiger partial charge in [-0.15, -0.1) is 0 Å². The molecule has 3 aromatic rings. The third-order valence-corrected chi connectivity index (χ3v) is 6.48. The number of thioether (sulfide) groups is 1. The number of carbonyl (C=O) groups is 2. The lowest BCUT2D eigenvalue weighted by Gasteiger charge is -2.15. The fraction of sp³-hybridized carbons (Fsp3) is 0.179. The lowest BCUT2D eigenvalue weighted by atomic mass is 10.1. The van der Waals surface area contributed by atoms with Crippen LogP contribution in [0, 0.1) is 6.92 Å². The van der Waals surface area contributed by atoms with E-state index in [-0.39, 0.29) is 12.5 Å². The van der Waals surface area contributed by atoms with Gasteiger partial charge in [0.25, 0.3) is 11.8 Å². The second-order valence-electron chi connectivity index (χ2n) is 8.20. The van der Waals surface area contributed by atoms with Crippen molar-refractivity contribution in [3.8, 4) is 11.5 Å². The largest absolute Gasteiger partial charge is 0.493 e. The van der Waals surface area contributed by atoms with Crippen molar-refractivity contribution >= 4 is 40.5 Å². The minimum Gasteiger partial charge on any atom is -0.493 e. The Balaban J connectivity index is 1.61. The van der Waals surface area contributed by atoms with Crippen molar-refractivity contribution in [2.24, 2.45) is 10.7 Å². The summed E-state index contributed by atoms with van der Waals surface area (Å²) in [5, 5.41) is 0.638. The van der Waals surface area contributed by atoms with Crippen molar-refractivity contribution in [1.82, 2.24) is 4.90 Å². The molecule has 36 heavy (non-hydrogen) atoms. The highest BCUT2D eigenvalue weighted by atomic mass is 32.2. The number of aryl methyl sites for hydroxylation is 1. The number of amidine groups is 1. The molecule has 3 aromatic carbocycles. The van der Waals surface area contributed by atoms with E-state index >= 15 is 0 Å². The van der Waals surface area contributed by atoms with E-state index in [4.69, 9.17) is 20.2 Å². The van der Waals surface area contributed by atoms with Gasteiger partial charge in [-0.05, 0) is 66.6 Å². The maximum atomic E-state index is 13.4. The average Bonchev–Trinajstić information content (AvgIpc) is 3.17. The normalized spacial score (nSPS) is 15.5. The predicted octanol–water partition coefficient (Wildman–Crippen LogP) is 4.71. The third kappa shape index (κ3) is 6.34. The van der Waals surface area contributed by atoms with E-state index in [2.05, 4.69) is 12.1 Å². The Morgan fingerprint density at radius 3 is 2.50 bits per heavy atom. The number of methoxy groups -OCH3 is 1. The molecule has 184 valence electrons. The Bertz CT molecular complexity index is 1300. The first-order valence-electron chi connectivity index (χ1n) is 11.4. The lowest BCUT2D eigenvalue weighted by molar-refractivity contribution is -0.122. The minimum absolute atomic E-state index is 0.102. The molecule has 2 N–H and O–H groups in total. The molecule has 0 bridgehead atoms. The first-order valence-corrected chi connectivity index (χ1v) is 12.2. The molecule has 1 fully saturated rings. The fourth-order valence-electron chi connectivity index (χ4n) is 3.60. The molecule has 0 saturated carbocycles. The summed E-state index contributed by atoms with van der Waals surface area (Å²) < 4.78 is 10.8. The molecule has 1 saturated heterocycles. The highest BCUT2D eigenvalue weighted by Crippen LogP contribution is 2.36. The van der Waals surface area contributed by atoms with Gasteiger partial charge in [0.15, 0.2) is 23.3 Å². The molecule has 1 aliphatic rings. The molecule has 8 heteroatoms. The average molecular weight is 502 g/mol. The van der Waals surface area contributed by atoms with Crippen molar-refractivity contribution < 1.29 is 19.1 Å². The van der Waals surface area contributed by atoms with Crippen LogP contribution in [0.5, 0.6) is 11.5 Å². The van der Waals surface area contributed by atoms with Gasteiger partial charge in [-0.25, -0.2) is 4.99 Å². The highest BCUT2D eigenvalue weighted by Gasteiger charge is 2.33. The number of hydrogen-bond acceptors (Lipinski definition) is 6. The summed E-state index contributed by atoms with van der Waals surface area (Å²) in [6, 6.07) is 23.2. The van der Waals surface area contributed by atoms with E-state index in [1.54, 1.807) is 29.2 Å². The van der Waals surface area contributed by atoms with Gasteiger partial charge in [-0.1, -0.05) is 54.1 Å². The van der Waals surface area contributed by atoms with E-state index in [1.165, 1.54) is 18.9 Å². The maximum Gasteiger partial charge on any atom is 0.266 e. The topological polar surface area (TPSA) is 94.2 Å². The third-order valence-electron chi connectivity index (χ3n) is 5.47. The Labute approximate surface area is 214 Å². The van der Waals surface area contributed by atoms with Crippen LogP contribution in [0.3, 0.4) is 0 Å². The van der Waals surface area contributed by atoms with E-state index in [9.17, 15) is 9.59 Å². The van der Waals surface area contributed by atoms with Crippen LogP contribution in [-0.4, -0.2) is 42.1 Å². The van der Waals surface area contributed by atoms with Gasteiger partial charge in [0.2, 0.25) is 0 Å². The van der Waals surface area contributed by atoms with Crippen LogP contribution in [0.1, 0.15) is 16.7 Å². The molecular formula is C28H27N3O4S. The number of primary amides is 1. The molecule has 2 amide bonds. The second-order valence-corrected chi connectivity index (χ2v) is 9.21. The molecular weight excluding hydrogens is 474 g/mol. The number of ether oxygens (including phenoxy) is 2. The zero-order valence-electron chi connectivity index (χ0n) is 20.1. The summed E-state index contributed by atoms with van der Waals surface area (Å²) in [5.74, 6) is 0.160. The standard InChI is InChI=1S/C28H27N3O4S/c1-19-8-11-22(12-9-19)30-28-31(15-14-20-6-4-3-5-7-20)27(33)25(36-28)17-21-10-13-23(24(16-21)34-2)35-18-26(29)32/h3-13,16-17H,14-15,18H2,1-2H3,(H2,29,32)/b25-17+,30-28?. The molecule has 0 atom stereocenters. The fourth-order valence-corrected chi connectivity index (χ4v) is 4.62. The summed E-state index contributed by atoms with van der Waals surface area (Å²) in [5.41, 5.74) is 9.01. The van der Waals surface area contributed by atoms with Crippen LogP contribution < -0.4 is 15.2 Å². The van der Waals surface area contributed by atoms with Crippen molar-refractivity contribution in [2.45, 2.75) is 13.3 Å². The van der Waals surface area contributed by atoms with Gasteiger partial charge in [0.1, 0.15) is 0 Å². The zero-order valence-corrected chi connectivity index (χ0v) is 21.0. The molecule has 1 heterocycles. The van der Waals surface area contributed by atoms with Gasteiger partial charge >= 0.3 is 0 Å². The maximum absolute atomic E-state index is 13.4. The van der Waals surface area contributed by atoms with Gasteiger partial charge in [-0.2, -0.15) is 0 Å². The van der Waals surface area contributed by atoms with Crippen LogP contribution in [0.4, 0.5) is 5.69 Å². The monoisotopic (exact) mass is 501 g/mol. The number of hydrogen-bond donors (Lipinski definition) is 1. The Hall–Kier alpha value is -4.04. The first kappa shape index (κ1) is 25.1. The first-order chi connectivity index (χ1) is 17.4. The number of carbonyl (C=O) groups excluding carboxylic acids is 2. The van der Waals surface area contributed by atoms with Crippen molar-refractivity contribution in [3.63, 3.8) is 0 Å². The van der Waals surface area contributed by atoms with Crippen LogP contribution in [0.25, 0.3) is 6.08 Å². The van der Waals surface area contributed by atoms with Crippen molar-refractivity contribution in [1.29, 1.82) is 0 Å². The van der Waals surface area contributed by atoms with Gasteiger partial charge in [0.05, 0.1) is 17.7 Å². The molecule has 7 nitrogen and oxygen atoms in total. The Kier molecular flexibility index (Phi) is 8.07. The summed E-state index contributed by atoms with van der Waals surface area (Å²) in [6.07, 6.45) is 2.52. The zero-order chi connectivity index (χ0) is 25.5. The van der Waals surface area contributed by atoms with Crippen LogP contribution in [0.2, 0.25) is 0 Å². The quantitative estimate of drug-likeness (QED) is 0.429. The number of rotatable bonds is 9. The minimum atomic E-state index is -0.577. The molecule has 4 rings (SSSR count). The van der Waals surface area contributed by atoms with Crippen LogP contribution >= 0.6 is 11.8 Å². The van der Waals surface area contributed by atoms with Crippen molar-refractivity contribution in [3.05, 3.63) is 94.4 Å². The SMILES string of the molecule is COc1cc(/C=C2/SC(=Nc3ccc(C)cc3)N(CCc3ccccc3)C2=O)ccc1OCC(N)=O. The summed E-state index contributed by atoms with van der Waals surface area (Å²) in [7, 11) is 1.51. The van der Waals surface area contributed by atoms with E-state index in [0.29, 0.717) is 34.5 Å². The summed E-state index contributed by atoms with van der Waals surface area (Å²) in [6.45, 7) is 2.29.